The Morgan fingerprint density at radius 1 is 0.344 bits per heavy atom. The lowest BCUT2D eigenvalue weighted by Crippen LogP contribution is -2.25. The summed E-state index contributed by atoms with van der Waals surface area (Å²) >= 11 is 1.72. The lowest BCUT2D eigenvalue weighted by Gasteiger charge is -2.30. The Morgan fingerprint density at radius 3 is 1.48 bits per heavy atom. The highest BCUT2D eigenvalue weighted by Crippen LogP contribution is 2.63. The largest absolute Gasteiger partial charge is 0.238 e. The van der Waals surface area contributed by atoms with E-state index in [1.807, 2.05) is 48.5 Å². The molecule has 0 unspecified atom stereocenters. The first kappa shape index (κ1) is 36.4. The standard InChI is InChI=1S/C59H34N4S/c1-60-43-28-31-54-49(35-43)48-30-27-42(34-55(48)64-54)58-62-56(38-12-3-2-4-13-38)61-57(63-58)41-15-11-14-39(32-41)36-22-24-37(25-23-36)40-26-29-47-46-18-7-10-21-52(46)59(53(47)33-40)50-19-8-5-16-44(50)45-17-6-9-20-51(45)59/h2-35H. The predicted molar refractivity (Wildman–Crippen MR) is 262 cm³/mol. The van der Waals surface area contributed by atoms with E-state index >= 15 is 0 Å². The number of hydrogen-bond donors (Lipinski definition) is 0. The fourth-order valence-corrected chi connectivity index (χ4v) is 11.4. The lowest BCUT2D eigenvalue weighted by molar-refractivity contribution is 0.794. The third-order valence-corrected chi connectivity index (χ3v) is 14.3. The van der Waals surface area contributed by atoms with Crippen molar-refractivity contribution in [2.24, 2.45) is 0 Å². The third-order valence-electron chi connectivity index (χ3n) is 13.2. The number of benzene rings is 9. The van der Waals surface area contributed by atoms with Gasteiger partial charge in [-0.05, 0) is 102 Å². The summed E-state index contributed by atoms with van der Waals surface area (Å²) in [7, 11) is 0. The molecule has 1 spiro atoms. The number of hydrogen-bond acceptors (Lipinski definition) is 4. The van der Waals surface area contributed by atoms with Crippen molar-refractivity contribution in [2.75, 3.05) is 0 Å². The molecular weight excluding hydrogens is 797 g/mol. The van der Waals surface area contributed by atoms with Crippen molar-refractivity contribution in [1.82, 2.24) is 15.0 Å². The van der Waals surface area contributed by atoms with Gasteiger partial charge in [-0.25, -0.2) is 19.8 Å². The summed E-state index contributed by atoms with van der Waals surface area (Å²) in [6.45, 7) is 7.51. The Labute approximate surface area is 374 Å². The first-order chi connectivity index (χ1) is 31.6. The number of nitrogens with zero attached hydrogens (tertiary/aromatic N) is 4. The first-order valence-electron chi connectivity index (χ1n) is 21.4. The van der Waals surface area contributed by atoms with Crippen molar-refractivity contribution in [3.63, 3.8) is 0 Å². The van der Waals surface area contributed by atoms with Gasteiger partial charge < -0.3 is 0 Å². The molecule has 2 aliphatic carbocycles. The molecule has 2 heterocycles. The van der Waals surface area contributed by atoms with Crippen LogP contribution in [0, 0.1) is 6.57 Å². The van der Waals surface area contributed by atoms with Gasteiger partial charge in [0.1, 0.15) is 0 Å². The zero-order valence-corrected chi connectivity index (χ0v) is 35.1. The van der Waals surface area contributed by atoms with Crippen LogP contribution in [0.25, 0.3) is 104 Å². The van der Waals surface area contributed by atoms with Crippen molar-refractivity contribution >= 4 is 37.2 Å². The van der Waals surface area contributed by atoms with E-state index in [9.17, 15) is 0 Å². The van der Waals surface area contributed by atoms with E-state index in [4.69, 9.17) is 21.5 Å². The zero-order chi connectivity index (χ0) is 42.4. The van der Waals surface area contributed by atoms with Crippen molar-refractivity contribution in [3.05, 3.63) is 240 Å². The molecule has 5 heteroatoms. The van der Waals surface area contributed by atoms with Gasteiger partial charge in [-0.1, -0.05) is 182 Å². The first-order valence-corrected chi connectivity index (χ1v) is 22.3. The minimum Gasteiger partial charge on any atom is -0.238 e. The molecule has 0 saturated heterocycles. The second-order valence-electron chi connectivity index (χ2n) is 16.6. The molecule has 0 amide bonds. The maximum absolute atomic E-state index is 7.51. The van der Waals surface area contributed by atoms with E-state index in [0.717, 1.165) is 48.0 Å². The topological polar surface area (TPSA) is 43.0 Å². The van der Waals surface area contributed by atoms with Gasteiger partial charge in [0, 0.05) is 26.1 Å². The number of thiophene rings is 1. The van der Waals surface area contributed by atoms with Crippen molar-refractivity contribution in [3.8, 4) is 78.7 Å². The summed E-state index contributed by atoms with van der Waals surface area (Å²) in [6.07, 6.45) is 0. The summed E-state index contributed by atoms with van der Waals surface area (Å²) < 4.78 is 2.28. The second-order valence-corrected chi connectivity index (χ2v) is 17.7. The van der Waals surface area contributed by atoms with Crippen LogP contribution in [0.4, 0.5) is 5.69 Å². The molecule has 64 heavy (non-hydrogen) atoms. The van der Waals surface area contributed by atoms with Crippen LogP contribution in [0.15, 0.2) is 206 Å². The average Bonchev–Trinajstić information content (AvgIpc) is 4.00. The van der Waals surface area contributed by atoms with E-state index in [-0.39, 0.29) is 5.41 Å². The molecule has 11 aromatic rings. The Kier molecular flexibility index (Phi) is 8.02. The molecule has 0 radical (unpaired) electrons. The summed E-state index contributed by atoms with van der Waals surface area (Å²) in [4.78, 5) is 18.9. The van der Waals surface area contributed by atoms with Crippen LogP contribution in [-0.4, -0.2) is 15.0 Å². The van der Waals surface area contributed by atoms with E-state index in [2.05, 4.69) is 163 Å². The van der Waals surface area contributed by atoms with Gasteiger partial charge in [0.25, 0.3) is 0 Å². The molecule has 0 bridgehead atoms. The molecule has 9 aromatic carbocycles. The van der Waals surface area contributed by atoms with Crippen LogP contribution in [0.3, 0.4) is 0 Å². The van der Waals surface area contributed by atoms with Gasteiger partial charge in [-0.2, -0.15) is 0 Å². The fraction of sp³-hybridized carbons (Fsp3) is 0.0169. The Morgan fingerprint density at radius 2 is 0.844 bits per heavy atom. The monoisotopic (exact) mass is 830 g/mol. The number of rotatable bonds is 5. The van der Waals surface area contributed by atoms with Crippen LogP contribution >= 0.6 is 11.3 Å². The van der Waals surface area contributed by atoms with E-state index in [0.29, 0.717) is 23.2 Å². The Bertz CT molecular complexity index is 3680. The van der Waals surface area contributed by atoms with Crippen LogP contribution in [0.5, 0.6) is 0 Å². The van der Waals surface area contributed by atoms with Gasteiger partial charge in [-0.3, -0.25) is 0 Å². The van der Waals surface area contributed by atoms with Gasteiger partial charge in [0.05, 0.1) is 12.0 Å². The van der Waals surface area contributed by atoms with Crippen molar-refractivity contribution < 1.29 is 0 Å². The molecule has 0 N–H and O–H groups in total. The van der Waals surface area contributed by atoms with Gasteiger partial charge in [-0.15, -0.1) is 11.3 Å². The lowest BCUT2D eigenvalue weighted by atomic mass is 9.70. The maximum atomic E-state index is 7.51. The molecule has 4 nitrogen and oxygen atoms in total. The van der Waals surface area contributed by atoms with Gasteiger partial charge in [0.15, 0.2) is 23.2 Å². The summed E-state index contributed by atoms with van der Waals surface area (Å²) in [6, 6.07) is 73.7. The summed E-state index contributed by atoms with van der Waals surface area (Å²) in [5.41, 5.74) is 18.2. The van der Waals surface area contributed by atoms with Crippen LogP contribution in [0.2, 0.25) is 0 Å². The summed E-state index contributed by atoms with van der Waals surface area (Å²) in [5.74, 6) is 1.85. The summed E-state index contributed by atoms with van der Waals surface area (Å²) in [5, 5.41) is 2.22. The SMILES string of the molecule is [C-]#[N+]c1ccc2sc3cc(-c4nc(-c5ccccc5)nc(-c5cccc(-c6ccc(-c7ccc8c(c7)C7(c9ccccc9-c9ccccc97)c7ccccc7-8)cc6)c5)n4)ccc3c2c1. The fourth-order valence-electron chi connectivity index (χ4n) is 10.3. The van der Waals surface area contributed by atoms with E-state index < -0.39 is 0 Å². The number of fused-ring (bicyclic) bond motifs is 13. The molecule has 0 saturated carbocycles. The normalized spacial score (nSPS) is 12.8. The molecule has 296 valence electrons. The van der Waals surface area contributed by atoms with Crippen LogP contribution < -0.4 is 0 Å². The smallest absolute Gasteiger partial charge is 0.187 e. The highest BCUT2D eigenvalue weighted by Gasteiger charge is 2.51. The van der Waals surface area contributed by atoms with E-state index in [1.165, 1.54) is 55.6 Å². The molecule has 2 aliphatic rings. The predicted octanol–water partition coefficient (Wildman–Crippen LogP) is 15.5. The molecule has 13 rings (SSSR count). The maximum Gasteiger partial charge on any atom is 0.187 e. The molecule has 0 aliphatic heterocycles. The molecule has 0 atom stereocenters. The van der Waals surface area contributed by atoms with E-state index in [1.54, 1.807) is 11.3 Å². The highest BCUT2D eigenvalue weighted by atomic mass is 32.1. The molecular formula is C59H34N4S. The number of aromatic nitrogens is 3. The minimum absolute atomic E-state index is 0.375. The van der Waals surface area contributed by atoms with Gasteiger partial charge in [0.2, 0.25) is 0 Å². The van der Waals surface area contributed by atoms with Crippen molar-refractivity contribution in [1.29, 1.82) is 0 Å². The third kappa shape index (κ3) is 5.43. The molecule has 0 fully saturated rings. The quantitative estimate of drug-likeness (QED) is 0.162. The van der Waals surface area contributed by atoms with Crippen molar-refractivity contribution in [2.45, 2.75) is 5.41 Å². The molecule has 2 aromatic heterocycles. The van der Waals surface area contributed by atoms with Gasteiger partial charge >= 0.3 is 0 Å². The Hall–Kier alpha value is -8.30. The minimum atomic E-state index is -0.375. The average molecular weight is 831 g/mol. The van der Waals surface area contributed by atoms with Crippen LogP contribution in [0.1, 0.15) is 22.3 Å². The van der Waals surface area contributed by atoms with Crippen LogP contribution in [-0.2, 0) is 5.41 Å². The zero-order valence-electron chi connectivity index (χ0n) is 34.3. The Balaban J connectivity index is 0.875. The second kappa shape index (κ2) is 14.1. The highest BCUT2D eigenvalue weighted by molar-refractivity contribution is 7.25.